The van der Waals surface area contributed by atoms with Gasteiger partial charge in [-0.25, -0.2) is 9.97 Å². The molecule has 6 heteroatoms. The number of hydrogen-bond donors (Lipinski definition) is 1. The van der Waals surface area contributed by atoms with Gasteiger partial charge in [-0.1, -0.05) is 35.3 Å². The number of amides is 1. The van der Waals surface area contributed by atoms with Gasteiger partial charge in [0.15, 0.2) is 11.0 Å². The van der Waals surface area contributed by atoms with E-state index < -0.39 is 0 Å². The van der Waals surface area contributed by atoms with Crippen molar-refractivity contribution in [2.24, 2.45) is 0 Å². The van der Waals surface area contributed by atoms with Gasteiger partial charge in [-0.2, -0.15) is 0 Å². The van der Waals surface area contributed by atoms with Crippen molar-refractivity contribution >= 4 is 34.9 Å². The lowest BCUT2D eigenvalue weighted by atomic mass is 10.1. The summed E-state index contributed by atoms with van der Waals surface area (Å²) in [7, 11) is 0. The molecule has 2 rings (SSSR count). The summed E-state index contributed by atoms with van der Waals surface area (Å²) in [6, 6.07) is 7.10. The topological polar surface area (TPSA) is 54.9 Å². The van der Waals surface area contributed by atoms with Crippen LogP contribution in [-0.4, -0.2) is 15.9 Å². The molecule has 1 aromatic heterocycles. The first-order chi connectivity index (χ1) is 8.65. The number of halogens is 2. The predicted molar refractivity (Wildman–Crippen MR) is 70.8 cm³/mol. The number of aromatic nitrogens is 2. The molecule has 0 bridgehead atoms. The van der Waals surface area contributed by atoms with Crippen molar-refractivity contribution in [1.82, 2.24) is 9.97 Å². The van der Waals surface area contributed by atoms with Crippen molar-refractivity contribution in [3.63, 3.8) is 0 Å². The Morgan fingerprint density at radius 2 is 2.00 bits per heavy atom. The summed E-state index contributed by atoms with van der Waals surface area (Å²) in [6.45, 7) is 0. The van der Waals surface area contributed by atoms with Crippen LogP contribution in [0.5, 0.6) is 0 Å². The molecule has 0 radical (unpaired) electrons. The first-order valence-electron chi connectivity index (χ1n) is 5.16. The van der Waals surface area contributed by atoms with E-state index >= 15 is 0 Å². The zero-order valence-electron chi connectivity index (χ0n) is 9.23. The van der Waals surface area contributed by atoms with E-state index in [1.165, 1.54) is 12.4 Å². The molecule has 2 aromatic rings. The van der Waals surface area contributed by atoms with Gasteiger partial charge in [0.05, 0.1) is 6.42 Å². The molecule has 0 spiro atoms. The zero-order valence-corrected chi connectivity index (χ0v) is 10.7. The molecule has 1 heterocycles. The van der Waals surface area contributed by atoms with Gasteiger partial charge in [-0.15, -0.1) is 0 Å². The van der Waals surface area contributed by atoms with Crippen LogP contribution in [0.1, 0.15) is 5.56 Å². The van der Waals surface area contributed by atoms with Gasteiger partial charge in [-0.3, -0.25) is 4.79 Å². The lowest BCUT2D eigenvalue weighted by Gasteiger charge is -2.05. The Kier molecular flexibility index (Phi) is 4.12. The van der Waals surface area contributed by atoms with Crippen molar-refractivity contribution in [2.45, 2.75) is 6.42 Å². The van der Waals surface area contributed by atoms with E-state index in [4.69, 9.17) is 23.2 Å². The van der Waals surface area contributed by atoms with Crippen LogP contribution in [0.2, 0.25) is 10.2 Å². The summed E-state index contributed by atoms with van der Waals surface area (Å²) in [5.41, 5.74) is 0.819. The van der Waals surface area contributed by atoms with E-state index in [1.807, 2.05) is 6.07 Å². The molecule has 0 atom stereocenters. The van der Waals surface area contributed by atoms with Gasteiger partial charge >= 0.3 is 0 Å². The highest BCUT2D eigenvalue weighted by Gasteiger charge is 2.08. The third-order valence-corrected chi connectivity index (χ3v) is 2.68. The Hall–Kier alpha value is -1.65. The second kappa shape index (κ2) is 5.80. The van der Waals surface area contributed by atoms with Gasteiger partial charge in [0, 0.05) is 17.4 Å². The molecule has 0 unspecified atom stereocenters. The van der Waals surface area contributed by atoms with Crippen LogP contribution in [0, 0.1) is 0 Å². The van der Waals surface area contributed by atoms with E-state index in [1.54, 1.807) is 18.2 Å². The second-order valence-corrected chi connectivity index (χ2v) is 4.35. The molecule has 92 valence electrons. The number of carbonyl (C=O) groups excluding carboxylic acids is 1. The maximum atomic E-state index is 11.8. The fraction of sp³-hybridized carbons (Fsp3) is 0.0833. The minimum atomic E-state index is -0.223. The highest BCUT2D eigenvalue weighted by Crippen LogP contribution is 2.15. The van der Waals surface area contributed by atoms with Crippen molar-refractivity contribution in [3.8, 4) is 0 Å². The molecule has 1 N–H and O–H groups in total. The average molecular weight is 282 g/mol. The van der Waals surface area contributed by atoms with Gasteiger partial charge < -0.3 is 5.32 Å². The highest BCUT2D eigenvalue weighted by molar-refractivity contribution is 6.32. The number of benzene rings is 1. The van der Waals surface area contributed by atoms with Crippen LogP contribution in [0.25, 0.3) is 0 Å². The summed E-state index contributed by atoms with van der Waals surface area (Å²) in [6.07, 6.45) is 3.11. The number of rotatable bonds is 3. The Bertz CT molecular complexity index is 575. The summed E-state index contributed by atoms with van der Waals surface area (Å²) < 4.78 is 0. The minimum absolute atomic E-state index is 0.164. The van der Waals surface area contributed by atoms with Crippen LogP contribution in [0.4, 0.5) is 5.82 Å². The summed E-state index contributed by atoms with van der Waals surface area (Å²) >= 11 is 11.6. The monoisotopic (exact) mass is 281 g/mol. The quantitative estimate of drug-likeness (QED) is 0.941. The summed E-state index contributed by atoms with van der Waals surface area (Å²) in [5.74, 6) is 0.0332. The molecule has 0 saturated heterocycles. The first-order valence-corrected chi connectivity index (χ1v) is 5.91. The SMILES string of the molecule is O=C(Cc1cccc(Cl)c1)Nc1nccnc1Cl. The molecule has 0 saturated carbocycles. The van der Waals surface area contributed by atoms with Crippen molar-refractivity contribution in [1.29, 1.82) is 0 Å². The summed E-state index contributed by atoms with van der Waals surface area (Å²) in [5, 5.41) is 3.35. The van der Waals surface area contributed by atoms with Crippen LogP contribution in [0.3, 0.4) is 0 Å². The first kappa shape index (κ1) is 12.8. The van der Waals surface area contributed by atoms with Crippen molar-refractivity contribution in [2.75, 3.05) is 5.32 Å². The molecular weight excluding hydrogens is 273 g/mol. The highest BCUT2D eigenvalue weighted by atomic mass is 35.5. The fourth-order valence-corrected chi connectivity index (χ4v) is 1.78. The molecule has 0 aliphatic heterocycles. The molecule has 0 fully saturated rings. The number of nitrogens with zero attached hydrogens (tertiary/aromatic N) is 2. The largest absolute Gasteiger partial charge is 0.308 e. The molecule has 18 heavy (non-hydrogen) atoms. The second-order valence-electron chi connectivity index (χ2n) is 3.55. The number of anilines is 1. The molecular formula is C12H9Cl2N3O. The van der Waals surface area contributed by atoms with Gasteiger partial charge in [0.2, 0.25) is 5.91 Å². The van der Waals surface area contributed by atoms with E-state index in [-0.39, 0.29) is 23.3 Å². The smallest absolute Gasteiger partial charge is 0.230 e. The Morgan fingerprint density at radius 1 is 1.22 bits per heavy atom. The Morgan fingerprint density at radius 3 is 2.72 bits per heavy atom. The summed E-state index contributed by atoms with van der Waals surface area (Å²) in [4.78, 5) is 19.5. The lowest BCUT2D eigenvalue weighted by molar-refractivity contribution is -0.115. The van der Waals surface area contributed by atoms with Gasteiger partial charge in [0.1, 0.15) is 0 Å². The lowest BCUT2D eigenvalue weighted by Crippen LogP contribution is -2.15. The molecule has 4 nitrogen and oxygen atoms in total. The van der Waals surface area contributed by atoms with Crippen molar-refractivity contribution in [3.05, 3.63) is 52.4 Å². The molecule has 0 aliphatic rings. The maximum Gasteiger partial charge on any atom is 0.230 e. The van der Waals surface area contributed by atoms with E-state index in [0.717, 1.165) is 5.56 Å². The normalized spacial score (nSPS) is 10.1. The van der Waals surface area contributed by atoms with Crippen molar-refractivity contribution < 1.29 is 4.79 Å². The molecule has 1 aromatic carbocycles. The van der Waals surface area contributed by atoms with E-state index in [9.17, 15) is 4.79 Å². The fourth-order valence-electron chi connectivity index (χ4n) is 1.41. The molecule has 0 aliphatic carbocycles. The van der Waals surface area contributed by atoms with Crippen LogP contribution < -0.4 is 5.32 Å². The maximum absolute atomic E-state index is 11.8. The Labute approximate surface area is 114 Å². The van der Waals surface area contributed by atoms with E-state index in [2.05, 4.69) is 15.3 Å². The zero-order chi connectivity index (χ0) is 13.0. The Balaban J connectivity index is 2.03. The standard InChI is InChI=1S/C12H9Cl2N3O/c13-9-3-1-2-8(6-9)7-10(18)17-12-11(14)15-4-5-16-12/h1-6H,7H2,(H,16,17,18). The van der Waals surface area contributed by atoms with Gasteiger partial charge in [0.25, 0.3) is 0 Å². The third kappa shape index (κ3) is 3.42. The average Bonchev–Trinajstić information content (AvgIpc) is 2.32. The van der Waals surface area contributed by atoms with Crippen LogP contribution >= 0.6 is 23.2 Å². The number of carbonyl (C=O) groups is 1. The third-order valence-electron chi connectivity index (χ3n) is 2.17. The van der Waals surface area contributed by atoms with E-state index in [0.29, 0.717) is 5.02 Å². The minimum Gasteiger partial charge on any atom is -0.308 e. The predicted octanol–water partition coefficient (Wildman–Crippen LogP) is 2.96. The van der Waals surface area contributed by atoms with Crippen LogP contribution in [-0.2, 0) is 11.2 Å². The van der Waals surface area contributed by atoms with Crippen LogP contribution in [0.15, 0.2) is 36.7 Å². The van der Waals surface area contributed by atoms with Gasteiger partial charge in [-0.05, 0) is 17.7 Å². The number of hydrogen-bond acceptors (Lipinski definition) is 3. The molecule has 1 amide bonds. The number of nitrogens with one attached hydrogen (secondary N) is 1.